The van der Waals surface area contributed by atoms with Gasteiger partial charge in [-0.15, -0.1) is 0 Å². The maximum absolute atomic E-state index is 14.4. The Balaban J connectivity index is 1.28. The summed E-state index contributed by atoms with van der Waals surface area (Å²) in [5.74, 6) is -6.65. The molecule has 0 bridgehead atoms. The van der Waals surface area contributed by atoms with Gasteiger partial charge in [-0.25, -0.2) is 30.5 Å². The molecule has 4 unspecified atom stereocenters. The lowest BCUT2D eigenvalue weighted by atomic mass is 9.73. The quantitative estimate of drug-likeness (QED) is 0.0381. The van der Waals surface area contributed by atoms with Gasteiger partial charge in [0.15, 0.2) is 0 Å². The summed E-state index contributed by atoms with van der Waals surface area (Å²) in [5, 5.41) is 24.9. The van der Waals surface area contributed by atoms with Crippen LogP contribution in [-0.2, 0) is 65.5 Å². The van der Waals surface area contributed by atoms with Crippen molar-refractivity contribution in [2.75, 3.05) is 11.0 Å². The van der Waals surface area contributed by atoms with Crippen molar-refractivity contribution in [3.8, 4) is 0 Å². The second kappa shape index (κ2) is 20.7. The zero-order chi connectivity index (χ0) is 46.0. The number of aromatic nitrogens is 4. The van der Waals surface area contributed by atoms with Gasteiger partial charge in [-0.3, -0.25) is 18.0 Å². The van der Waals surface area contributed by atoms with Crippen LogP contribution in [0.1, 0.15) is 69.9 Å². The minimum absolute atomic E-state index is 0.0730. The number of carbonyl (C=O) groups is 4. The number of rotatable bonds is 21. The van der Waals surface area contributed by atoms with E-state index in [1.165, 1.54) is 97.1 Å². The lowest BCUT2D eigenvalue weighted by Crippen LogP contribution is -2.72. The van der Waals surface area contributed by atoms with Crippen molar-refractivity contribution in [3.63, 3.8) is 0 Å². The van der Waals surface area contributed by atoms with Crippen LogP contribution < -0.4 is 11.0 Å². The predicted octanol–water partition coefficient (Wildman–Crippen LogP) is 5.80. The summed E-state index contributed by atoms with van der Waals surface area (Å²) in [6, 6.07) is 22.5. The highest BCUT2D eigenvalue weighted by molar-refractivity contribution is 7.84. The maximum atomic E-state index is 14.4. The maximum Gasteiger partial charge on any atom is 0.375 e. The van der Waals surface area contributed by atoms with E-state index in [0.29, 0.717) is 34.0 Å². The van der Waals surface area contributed by atoms with E-state index in [4.69, 9.17) is 9.68 Å². The minimum atomic E-state index is -4.00. The van der Waals surface area contributed by atoms with E-state index < -0.39 is 56.3 Å². The van der Waals surface area contributed by atoms with E-state index in [-0.39, 0.29) is 34.0 Å². The van der Waals surface area contributed by atoms with Gasteiger partial charge >= 0.3 is 11.9 Å². The second-order valence-electron chi connectivity index (χ2n) is 15.0. The molecular weight excluding hydrogens is 861 g/mol. The highest BCUT2D eigenvalue weighted by Gasteiger charge is 2.71. The number of carbonyl (C=O) groups excluding carboxylic acids is 4. The van der Waals surface area contributed by atoms with Crippen molar-refractivity contribution in [3.05, 3.63) is 156 Å². The molecule has 64 heavy (non-hydrogen) atoms. The standard InChI is InChI=1S/C46H48N6O10S2/c1-5-23-51-29-47-25-37(51)27-63(59)39-19-15-35(16-20-39)49-61-43(55)45(57,41(53)33-11-7-31(3)8-12-33)46(58,42(54)34-13-9-32(4)10-14-34)44(56)62-50-36-17-21-40(22-18-36)64(60)28-38-26-48-30-52(38)24-6-2/h7-22,25-26,29-30,49-50,57-58H,5-6,23-24,27-28H2,1-4H3. The van der Waals surface area contributed by atoms with Crippen molar-refractivity contribution in [2.45, 2.75) is 86.1 Å². The van der Waals surface area contributed by atoms with Crippen LogP contribution in [0.3, 0.4) is 0 Å². The Bertz CT molecular complexity index is 2470. The summed E-state index contributed by atoms with van der Waals surface area (Å²) >= 11 is 0. The molecule has 18 heteroatoms. The molecule has 0 aliphatic heterocycles. The molecule has 6 aromatic rings. The van der Waals surface area contributed by atoms with Crippen molar-refractivity contribution < 1.29 is 47.5 Å². The van der Waals surface area contributed by atoms with Gasteiger partial charge in [0.1, 0.15) is 0 Å². The van der Waals surface area contributed by atoms with Gasteiger partial charge in [-0.05, 0) is 75.2 Å². The molecule has 2 heterocycles. The van der Waals surface area contributed by atoms with Crippen LogP contribution in [0.5, 0.6) is 0 Å². The fraction of sp³-hybridized carbons (Fsp3) is 0.261. The van der Waals surface area contributed by atoms with Crippen molar-refractivity contribution in [1.82, 2.24) is 19.1 Å². The second-order valence-corrected chi connectivity index (χ2v) is 17.9. The number of Topliss-reactive ketones (excluding diaryl/α,β-unsaturated/α-hetero) is 2. The number of hydrogen-bond acceptors (Lipinski definition) is 14. The van der Waals surface area contributed by atoms with E-state index >= 15 is 0 Å². The van der Waals surface area contributed by atoms with Gasteiger partial charge in [0.25, 0.3) is 11.2 Å². The zero-order valence-electron chi connectivity index (χ0n) is 35.6. The minimum Gasteiger partial charge on any atom is -0.368 e. The van der Waals surface area contributed by atoms with E-state index in [1.54, 1.807) is 38.9 Å². The van der Waals surface area contributed by atoms with Crippen molar-refractivity contribution in [2.24, 2.45) is 0 Å². The summed E-state index contributed by atoms with van der Waals surface area (Å²) in [6.45, 7) is 8.90. The molecule has 0 saturated heterocycles. The van der Waals surface area contributed by atoms with Gasteiger partial charge in [0.05, 0.1) is 68.5 Å². The smallest absolute Gasteiger partial charge is 0.368 e. The summed E-state index contributed by atoms with van der Waals surface area (Å²) in [6.07, 6.45) is 8.37. The molecule has 0 radical (unpaired) electrons. The van der Waals surface area contributed by atoms with Crippen LogP contribution in [-0.4, -0.2) is 72.4 Å². The highest BCUT2D eigenvalue weighted by atomic mass is 32.2. The SMILES string of the molecule is CCCn1cncc1CS(=O)c1ccc(NOC(=O)C(O)(C(=O)c2ccc(C)cc2)C(O)(C(=O)ONc2ccc(S(=O)Cc3cncn3CCC)cc2)C(=O)c2ccc(C)cc2)cc1. The highest BCUT2D eigenvalue weighted by Crippen LogP contribution is 2.34. The fourth-order valence-corrected chi connectivity index (χ4v) is 8.83. The first-order valence-corrected chi connectivity index (χ1v) is 22.9. The van der Waals surface area contributed by atoms with Crippen molar-refractivity contribution in [1.29, 1.82) is 0 Å². The molecule has 0 saturated carbocycles. The van der Waals surface area contributed by atoms with Gasteiger partial charge in [-0.1, -0.05) is 73.5 Å². The largest absolute Gasteiger partial charge is 0.375 e. The number of nitrogens with zero attached hydrogens (tertiary/aromatic N) is 4. The van der Waals surface area contributed by atoms with E-state index in [0.717, 1.165) is 24.2 Å². The molecule has 0 fully saturated rings. The Morgan fingerprint density at radius 3 is 1.25 bits per heavy atom. The Hall–Kier alpha value is -6.60. The topological polar surface area (TPSA) is 221 Å². The average molecular weight is 909 g/mol. The summed E-state index contributed by atoms with van der Waals surface area (Å²) in [7, 11) is -2.97. The Morgan fingerprint density at radius 2 is 0.922 bits per heavy atom. The third kappa shape index (κ3) is 10.3. The zero-order valence-corrected chi connectivity index (χ0v) is 37.2. The van der Waals surface area contributed by atoms with Crippen LogP contribution in [0.15, 0.2) is 132 Å². The molecule has 334 valence electrons. The van der Waals surface area contributed by atoms with Crippen LogP contribution in [0.2, 0.25) is 0 Å². The lowest BCUT2D eigenvalue weighted by Gasteiger charge is -2.36. The summed E-state index contributed by atoms with van der Waals surface area (Å²) in [4.78, 5) is 77.0. The summed E-state index contributed by atoms with van der Waals surface area (Å²) in [5.41, 5.74) is -1.04. The Morgan fingerprint density at radius 1 is 0.578 bits per heavy atom. The number of aryl methyl sites for hydroxylation is 4. The molecule has 0 spiro atoms. The molecule has 0 aliphatic carbocycles. The molecule has 4 atom stereocenters. The first kappa shape index (κ1) is 46.9. The van der Waals surface area contributed by atoms with Crippen LogP contribution in [0.25, 0.3) is 0 Å². The molecular formula is C46H48N6O10S2. The molecule has 6 rings (SSSR count). The third-order valence-electron chi connectivity index (χ3n) is 10.2. The predicted molar refractivity (Wildman–Crippen MR) is 238 cm³/mol. The first-order chi connectivity index (χ1) is 30.7. The number of benzene rings is 4. The molecule has 2 aromatic heterocycles. The van der Waals surface area contributed by atoms with E-state index in [9.17, 15) is 37.8 Å². The first-order valence-electron chi connectivity index (χ1n) is 20.3. The molecule has 0 amide bonds. The number of ketones is 2. The molecule has 0 aliphatic rings. The average Bonchev–Trinajstić information content (AvgIpc) is 3.95. The number of imidazole rings is 2. The van der Waals surface area contributed by atoms with E-state index in [2.05, 4.69) is 20.9 Å². The fourth-order valence-electron chi connectivity index (χ4n) is 6.60. The summed E-state index contributed by atoms with van der Waals surface area (Å²) < 4.78 is 30.3. The number of nitrogens with one attached hydrogen (secondary N) is 2. The Kier molecular flexibility index (Phi) is 15.2. The normalized spacial score (nSPS) is 14.0. The van der Waals surface area contributed by atoms with Crippen LogP contribution >= 0.6 is 0 Å². The van der Waals surface area contributed by atoms with Crippen molar-refractivity contribution >= 4 is 56.5 Å². The molecule has 16 nitrogen and oxygen atoms in total. The molecule has 4 N–H and O–H groups in total. The molecule has 4 aromatic carbocycles. The van der Waals surface area contributed by atoms with Gasteiger partial charge in [0, 0.05) is 46.4 Å². The van der Waals surface area contributed by atoms with Gasteiger partial charge in [0.2, 0.25) is 11.6 Å². The van der Waals surface area contributed by atoms with Gasteiger partial charge in [-0.2, -0.15) is 0 Å². The monoisotopic (exact) mass is 908 g/mol. The van der Waals surface area contributed by atoms with Gasteiger partial charge < -0.3 is 29.0 Å². The number of hydrogen-bond donors (Lipinski definition) is 4. The number of aliphatic hydroxyl groups is 2. The van der Waals surface area contributed by atoms with Crippen LogP contribution in [0, 0.1) is 13.8 Å². The lowest BCUT2D eigenvalue weighted by molar-refractivity contribution is -0.191. The number of anilines is 2. The van der Waals surface area contributed by atoms with Crippen LogP contribution in [0.4, 0.5) is 11.4 Å². The Labute approximate surface area is 374 Å². The van der Waals surface area contributed by atoms with E-state index in [1.807, 2.05) is 23.0 Å². The third-order valence-corrected chi connectivity index (χ3v) is 13.0.